The van der Waals surface area contributed by atoms with Crippen LogP contribution in [0.15, 0.2) is 42.5 Å². The summed E-state index contributed by atoms with van der Waals surface area (Å²) in [6.07, 6.45) is 6.19. The first kappa shape index (κ1) is 28.8. The van der Waals surface area contributed by atoms with Crippen LogP contribution in [0.2, 0.25) is 5.02 Å². The van der Waals surface area contributed by atoms with Crippen LogP contribution in [0.3, 0.4) is 0 Å². The van der Waals surface area contributed by atoms with Gasteiger partial charge >= 0.3 is 0 Å². The number of sulfonamides is 1. The fourth-order valence-electron chi connectivity index (χ4n) is 4.57. The van der Waals surface area contributed by atoms with Gasteiger partial charge in [-0.1, -0.05) is 43.0 Å². The number of hydrogen-bond donors (Lipinski definition) is 1. The van der Waals surface area contributed by atoms with Gasteiger partial charge in [-0.05, 0) is 68.1 Å². The summed E-state index contributed by atoms with van der Waals surface area (Å²) in [6, 6.07) is 11.3. The second-order valence-corrected chi connectivity index (χ2v) is 11.9. The van der Waals surface area contributed by atoms with Gasteiger partial charge in [0.2, 0.25) is 21.8 Å². The van der Waals surface area contributed by atoms with E-state index < -0.39 is 28.5 Å². The first-order valence-electron chi connectivity index (χ1n) is 12.5. The van der Waals surface area contributed by atoms with Gasteiger partial charge in [0.25, 0.3) is 0 Å². The molecule has 1 aliphatic rings. The third kappa shape index (κ3) is 7.85. The van der Waals surface area contributed by atoms with Crippen LogP contribution in [0.4, 0.5) is 5.69 Å². The Balaban J connectivity index is 1.89. The Morgan fingerprint density at radius 1 is 1.11 bits per heavy atom. The number of nitrogens with zero attached hydrogens (tertiary/aromatic N) is 2. The zero-order valence-electron chi connectivity index (χ0n) is 21.9. The first-order chi connectivity index (χ1) is 17.5. The maximum atomic E-state index is 13.7. The number of rotatable bonds is 10. The van der Waals surface area contributed by atoms with Gasteiger partial charge < -0.3 is 15.0 Å². The molecule has 0 bridgehead atoms. The highest BCUT2D eigenvalue weighted by atomic mass is 35.5. The Hall–Kier alpha value is -2.78. The Labute approximate surface area is 225 Å². The van der Waals surface area contributed by atoms with E-state index in [1.165, 1.54) is 4.90 Å². The minimum atomic E-state index is -3.81. The van der Waals surface area contributed by atoms with Gasteiger partial charge in [-0.3, -0.25) is 13.9 Å². The number of carbonyl (C=O) groups excluding carboxylic acids is 2. The van der Waals surface area contributed by atoms with Crippen LogP contribution < -0.4 is 14.4 Å². The second kappa shape index (κ2) is 12.6. The third-order valence-electron chi connectivity index (χ3n) is 6.74. The summed E-state index contributed by atoms with van der Waals surface area (Å²) in [5, 5.41) is 3.56. The molecule has 0 saturated heterocycles. The van der Waals surface area contributed by atoms with E-state index in [9.17, 15) is 18.0 Å². The molecule has 2 aromatic rings. The van der Waals surface area contributed by atoms with Crippen molar-refractivity contribution in [1.82, 2.24) is 10.2 Å². The number of benzene rings is 2. The van der Waals surface area contributed by atoms with Crippen LogP contribution in [0.1, 0.15) is 50.2 Å². The molecule has 37 heavy (non-hydrogen) atoms. The molecule has 2 amide bonds. The molecule has 1 atom stereocenters. The molecule has 1 N–H and O–H groups in total. The largest absolute Gasteiger partial charge is 0.497 e. The Kier molecular flexibility index (Phi) is 9.84. The molecule has 0 radical (unpaired) electrons. The van der Waals surface area contributed by atoms with Crippen molar-refractivity contribution < 1.29 is 22.7 Å². The van der Waals surface area contributed by atoms with E-state index >= 15 is 0 Å². The number of anilines is 1. The molecule has 0 aromatic heterocycles. The van der Waals surface area contributed by atoms with Gasteiger partial charge in [0.05, 0.1) is 19.1 Å². The van der Waals surface area contributed by atoms with Gasteiger partial charge in [0.15, 0.2) is 0 Å². The van der Waals surface area contributed by atoms with Gasteiger partial charge in [-0.2, -0.15) is 0 Å². The lowest BCUT2D eigenvalue weighted by Gasteiger charge is -2.33. The lowest BCUT2D eigenvalue weighted by atomic mass is 9.95. The summed E-state index contributed by atoms with van der Waals surface area (Å²) in [7, 11) is -2.24. The van der Waals surface area contributed by atoms with Crippen LogP contribution in [-0.4, -0.2) is 57.1 Å². The summed E-state index contributed by atoms with van der Waals surface area (Å²) >= 11 is 6.06. The molecule has 0 spiro atoms. The van der Waals surface area contributed by atoms with Crippen molar-refractivity contribution in [3.05, 3.63) is 58.6 Å². The van der Waals surface area contributed by atoms with Gasteiger partial charge in [-0.25, -0.2) is 8.42 Å². The van der Waals surface area contributed by atoms with Crippen LogP contribution in [0.25, 0.3) is 0 Å². The Morgan fingerprint density at radius 2 is 1.76 bits per heavy atom. The summed E-state index contributed by atoms with van der Waals surface area (Å²) < 4.78 is 31.8. The van der Waals surface area contributed by atoms with E-state index in [1.54, 1.807) is 51.3 Å². The fourth-order valence-corrected chi connectivity index (χ4v) is 5.71. The van der Waals surface area contributed by atoms with Crippen molar-refractivity contribution >= 4 is 39.1 Å². The highest BCUT2D eigenvalue weighted by Crippen LogP contribution is 2.26. The zero-order valence-corrected chi connectivity index (χ0v) is 23.4. The van der Waals surface area contributed by atoms with Crippen molar-refractivity contribution in [2.45, 2.75) is 64.6 Å². The minimum absolute atomic E-state index is 0.0888. The molecule has 0 heterocycles. The second-order valence-electron chi connectivity index (χ2n) is 9.59. The van der Waals surface area contributed by atoms with E-state index in [0.717, 1.165) is 48.2 Å². The smallest absolute Gasteiger partial charge is 0.244 e. The van der Waals surface area contributed by atoms with E-state index in [4.69, 9.17) is 16.3 Å². The molecule has 8 nitrogen and oxygen atoms in total. The predicted octanol–water partition coefficient (Wildman–Crippen LogP) is 4.29. The SMILES string of the molecule is COc1ccc(CN(C(=O)CN(c2ccc(Cl)cc2C)S(C)(=O)=O)[C@@H](C)C(=O)NC2CCCCC2)cc1. The number of amides is 2. The lowest BCUT2D eigenvalue weighted by molar-refractivity contribution is -0.139. The molecule has 2 aromatic carbocycles. The van der Waals surface area contributed by atoms with Gasteiger partial charge in [0, 0.05) is 17.6 Å². The van der Waals surface area contributed by atoms with Crippen LogP contribution >= 0.6 is 11.6 Å². The molecule has 3 rings (SSSR count). The topological polar surface area (TPSA) is 96.0 Å². The van der Waals surface area contributed by atoms with E-state index in [1.807, 2.05) is 12.1 Å². The zero-order chi connectivity index (χ0) is 27.2. The molecule has 202 valence electrons. The maximum Gasteiger partial charge on any atom is 0.244 e. The lowest BCUT2D eigenvalue weighted by Crippen LogP contribution is -2.53. The molecule has 0 unspecified atom stereocenters. The van der Waals surface area contributed by atoms with Crippen LogP contribution in [0, 0.1) is 6.92 Å². The summed E-state index contributed by atoms with van der Waals surface area (Å²) in [5.41, 5.74) is 1.78. The standard InChI is InChI=1S/C27H36ClN3O5S/c1-19-16-22(28)12-15-25(19)31(37(4,34)35)18-26(32)30(17-21-10-13-24(36-3)14-11-21)20(2)27(33)29-23-8-6-5-7-9-23/h10-16,20,23H,5-9,17-18H2,1-4H3,(H,29,33)/t20-/m0/s1. The summed E-state index contributed by atoms with van der Waals surface area (Å²) in [4.78, 5) is 28.4. The molecule has 0 aliphatic heterocycles. The van der Waals surface area contributed by atoms with Crippen molar-refractivity contribution in [3.63, 3.8) is 0 Å². The Morgan fingerprint density at radius 3 is 2.32 bits per heavy atom. The van der Waals surface area contributed by atoms with Crippen molar-refractivity contribution in [2.24, 2.45) is 0 Å². The van der Waals surface area contributed by atoms with Crippen molar-refractivity contribution in [2.75, 3.05) is 24.2 Å². The number of nitrogens with one attached hydrogen (secondary N) is 1. The average molecular weight is 550 g/mol. The average Bonchev–Trinajstić information content (AvgIpc) is 2.86. The number of aryl methyl sites for hydroxylation is 1. The highest BCUT2D eigenvalue weighted by molar-refractivity contribution is 7.92. The molecule has 1 aliphatic carbocycles. The van der Waals surface area contributed by atoms with Gasteiger partial charge in [0.1, 0.15) is 18.3 Å². The Bertz CT molecular complexity index is 1200. The monoisotopic (exact) mass is 549 g/mol. The van der Waals surface area contributed by atoms with E-state index in [2.05, 4.69) is 5.32 Å². The molecular formula is C27H36ClN3O5S. The van der Waals surface area contributed by atoms with Crippen molar-refractivity contribution in [1.29, 1.82) is 0 Å². The molecule has 1 fully saturated rings. The van der Waals surface area contributed by atoms with Crippen LogP contribution in [0.5, 0.6) is 5.75 Å². The normalized spacial score (nSPS) is 15.1. The molecular weight excluding hydrogens is 514 g/mol. The number of methoxy groups -OCH3 is 1. The minimum Gasteiger partial charge on any atom is -0.497 e. The number of hydrogen-bond acceptors (Lipinski definition) is 5. The summed E-state index contributed by atoms with van der Waals surface area (Å²) in [6.45, 7) is 3.11. The van der Waals surface area contributed by atoms with Crippen molar-refractivity contribution in [3.8, 4) is 5.75 Å². The summed E-state index contributed by atoms with van der Waals surface area (Å²) in [5.74, 6) is -0.0598. The quantitative estimate of drug-likeness (QED) is 0.477. The predicted molar refractivity (Wildman–Crippen MR) is 146 cm³/mol. The van der Waals surface area contributed by atoms with E-state index in [-0.39, 0.29) is 18.5 Å². The number of halogens is 1. The van der Waals surface area contributed by atoms with Gasteiger partial charge in [-0.15, -0.1) is 0 Å². The first-order valence-corrected chi connectivity index (χ1v) is 14.7. The third-order valence-corrected chi connectivity index (χ3v) is 8.10. The number of carbonyl (C=O) groups is 2. The highest BCUT2D eigenvalue weighted by Gasteiger charge is 2.31. The molecule has 10 heteroatoms. The number of ether oxygens (including phenoxy) is 1. The maximum absolute atomic E-state index is 13.7. The van der Waals surface area contributed by atoms with Crippen LogP contribution in [-0.2, 0) is 26.2 Å². The van der Waals surface area contributed by atoms with E-state index in [0.29, 0.717) is 22.0 Å². The fraction of sp³-hybridized carbons (Fsp3) is 0.481. The molecule has 1 saturated carbocycles.